The third-order valence-corrected chi connectivity index (χ3v) is 8.35. The number of halogens is 3. The summed E-state index contributed by atoms with van der Waals surface area (Å²) in [5, 5.41) is 5.03. The van der Waals surface area contributed by atoms with Crippen LogP contribution in [0.15, 0.2) is 22.8 Å². The van der Waals surface area contributed by atoms with Crippen molar-refractivity contribution >= 4 is 35.0 Å². The normalized spacial score (nSPS) is 18.7. The second-order valence-electron chi connectivity index (χ2n) is 9.78. The average Bonchev–Trinajstić information content (AvgIpc) is 3.25. The highest BCUT2D eigenvalue weighted by molar-refractivity contribution is 9.10. The summed E-state index contributed by atoms with van der Waals surface area (Å²) in [6.07, 6.45) is -1.10. The Morgan fingerprint density at radius 2 is 2.09 bits per heavy atom. The topological polar surface area (TPSA) is 63.3 Å². The van der Waals surface area contributed by atoms with Gasteiger partial charge in [0.2, 0.25) is 5.88 Å². The van der Waals surface area contributed by atoms with E-state index in [-0.39, 0.29) is 24.6 Å². The Morgan fingerprint density at radius 1 is 1.33 bits per heavy atom. The number of fused-ring (bicyclic) bond motifs is 2. The zero-order valence-electron chi connectivity index (χ0n) is 19.5. The van der Waals surface area contributed by atoms with E-state index in [0.29, 0.717) is 34.8 Å². The monoisotopic (exact) mass is 542 g/mol. The van der Waals surface area contributed by atoms with Crippen molar-refractivity contribution in [3.05, 3.63) is 28.5 Å². The molecule has 0 spiro atoms. The Kier molecular flexibility index (Phi) is 6.69. The van der Waals surface area contributed by atoms with Gasteiger partial charge in [-0.15, -0.1) is 0 Å². The molecule has 3 aromatic rings. The Balaban J connectivity index is 1.84. The van der Waals surface area contributed by atoms with Gasteiger partial charge in [-0.25, -0.2) is 18.4 Å². The number of ether oxygens (including phenoxy) is 3. The van der Waals surface area contributed by atoms with Gasteiger partial charge in [0.15, 0.2) is 0 Å². The highest BCUT2D eigenvalue weighted by Gasteiger charge is 2.38. The third kappa shape index (κ3) is 4.73. The van der Waals surface area contributed by atoms with E-state index in [4.69, 9.17) is 14.2 Å². The van der Waals surface area contributed by atoms with Crippen LogP contribution in [0.5, 0.6) is 5.88 Å². The summed E-state index contributed by atoms with van der Waals surface area (Å²) in [7, 11) is 0.299. The molecular weight excluding hydrogens is 514 g/mol. The van der Waals surface area contributed by atoms with Crippen molar-refractivity contribution < 1.29 is 23.0 Å². The zero-order valence-corrected chi connectivity index (χ0v) is 22.1. The van der Waals surface area contributed by atoms with Crippen LogP contribution < -0.4 is 4.74 Å². The number of methoxy groups -OCH3 is 1. The lowest BCUT2D eigenvalue weighted by Crippen LogP contribution is -2.43. The van der Waals surface area contributed by atoms with Crippen LogP contribution in [0.2, 0.25) is 25.7 Å². The Bertz CT molecular complexity index is 1160. The van der Waals surface area contributed by atoms with Gasteiger partial charge in [-0.2, -0.15) is 5.10 Å². The first kappa shape index (κ1) is 24.3. The van der Waals surface area contributed by atoms with Gasteiger partial charge in [0.1, 0.15) is 30.3 Å². The van der Waals surface area contributed by atoms with Crippen LogP contribution in [-0.4, -0.2) is 53.3 Å². The van der Waals surface area contributed by atoms with Crippen LogP contribution >= 0.6 is 15.9 Å². The van der Waals surface area contributed by atoms with E-state index < -0.39 is 20.1 Å². The molecule has 0 unspecified atom stereocenters. The van der Waals surface area contributed by atoms with Gasteiger partial charge in [0.05, 0.1) is 22.3 Å². The molecule has 0 amide bonds. The van der Waals surface area contributed by atoms with Crippen molar-refractivity contribution in [3.63, 3.8) is 0 Å². The molecule has 0 saturated carbocycles. The summed E-state index contributed by atoms with van der Waals surface area (Å²) in [5.74, 6) is 0.298. The fourth-order valence-electron chi connectivity index (χ4n) is 3.84. The second-order valence-corrected chi connectivity index (χ2v) is 16.2. The number of alkyl halides is 2. The third-order valence-electron chi connectivity index (χ3n) is 5.84. The molecule has 0 fully saturated rings. The summed E-state index contributed by atoms with van der Waals surface area (Å²) in [4.78, 5) is 4.51. The molecule has 0 bridgehead atoms. The molecule has 0 aromatic carbocycles. The van der Waals surface area contributed by atoms with Gasteiger partial charge in [0, 0.05) is 33.4 Å². The number of nitrogens with zero attached hydrogens (tertiary/aromatic N) is 4. The minimum Gasteiger partial charge on any atom is -0.474 e. The number of hydrogen-bond acceptors (Lipinski definition) is 5. The molecular formula is C22H29BrF2N4O3Si. The first-order valence-electron chi connectivity index (χ1n) is 10.8. The highest BCUT2D eigenvalue weighted by Crippen LogP contribution is 2.46. The predicted molar refractivity (Wildman–Crippen MR) is 129 cm³/mol. The lowest BCUT2D eigenvalue weighted by atomic mass is 10.1. The lowest BCUT2D eigenvalue weighted by molar-refractivity contribution is -0.0644. The van der Waals surface area contributed by atoms with E-state index in [9.17, 15) is 8.78 Å². The minimum atomic E-state index is -2.78. The molecule has 0 N–H and O–H groups in total. The van der Waals surface area contributed by atoms with Gasteiger partial charge in [-0.1, -0.05) is 19.6 Å². The summed E-state index contributed by atoms with van der Waals surface area (Å²) in [5.41, 5.74) is 0.430. The standard InChI is InChI=1S/C22H29BrF2N4O3Si/c1-22(30-2)11-29-21(32-12-22)15(17(27-29)19(24)25)18-16(23)14-7-6-8-26-20(14)28(18)13-31-9-10-33(3,4)5/h6-8,19H,9-13H2,1-5H3/t22-/m0/s1. The molecule has 0 saturated heterocycles. The van der Waals surface area contributed by atoms with E-state index >= 15 is 0 Å². The van der Waals surface area contributed by atoms with Crippen LogP contribution in [0.25, 0.3) is 22.3 Å². The van der Waals surface area contributed by atoms with Crippen LogP contribution in [0.1, 0.15) is 19.0 Å². The summed E-state index contributed by atoms with van der Waals surface area (Å²) >= 11 is 3.64. The maximum Gasteiger partial charge on any atom is 0.282 e. The van der Waals surface area contributed by atoms with Gasteiger partial charge in [-0.05, 0) is 41.0 Å². The van der Waals surface area contributed by atoms with E-state index in [2.05, 4.69) is 45.7 Å². The van der Waals surface area contributed by atoms with Crippen LogP contribution in [-0.2, 0) is 22.7 Å². The van der Waals surface area contributed by atoms with Crippen molar-refractivity contribution in [3.8, 4) is 17.1 Å². The van der Waals surface area contributed by atoms with E-state index in [1.54, 1.807) is 13.3 Å². The molecule has 7 nitrogen and oxygen atoms in total. The molecule has 0 radical (unpaired) electrons. The lowest BCUT2D eigenvalue weighted by Gasteiger charge is -2.32. The molecule has 4 heterocycles. The largest absolute Gasteiger partial charge is 0.474 e. The SMILES string of the molecule is CO[C@]1(C)COc2c(-c3c(Br)c4cccnc4n3COCC[Si](C)(C)C)c(C(F)F)nn2C1. The molecule has 33 heavy (non-hydrogen) atoms. The number of aromatic nitrogens is 4. The molecule has 1 aliphatic heterocycles. The summed E-state index contributed by atoms with van der Waals surface area (Å²) < 4.78 is 49.9. The predicted octanol–water partition coefficient (Wildman–Crippen LogP) is 5.71. The van der Waals surface area contributed by atoms with E-state index in [0.717, 1.165) is 11.4 Å². The quantitative estimate of drug-likeness (QED) is 0.269. The first-order valence-corrected chi connectivity index (χ1v) is 15.3. The smallest absolute Gasteiger partial charge is 0.282 e. The number of pyridine rings is 1. The van der Waals surface area contributed by atoms with Crippen LogP contribution in [0.4, 0.5) is 8.78 Å². The molecule has 0 aliphatic carbocycles. The van der Waals surface area contributed by atoms with Gasteiger partial charge in [-0.3, -0.25) is 4.57 Å². The fourth-order valence-corrected chi connectivity index (χ4v) is 5.32. The van der Waals surface area contributed by atoms with Gasteiger partial charge < -0.3 is 14.2 Å². The minimum absolute atomic E-state index is 0.183. The van der Waals surface area contributed by atoms with Crippen molar-refractivity contribution in [2.75, 3.05) is 20.3 Å². The average molecular weight is 543 g/mol. The molecule has 1 atom stereocenters. The molecule has 3 aromatic heterocycles. The van der Waals surface area contributed by atoms with E-state index in [1.165, 1.54) is 4.68 Å². The van der Waals surface area contributed by atoms with Crippen LogP contribution in [0, 0.1) is 0 Å². The molecule has 4 rings (SSSR count). The van der Waals surface area contributed by atoms with Crippen molar-refractivity contribution in [2.45, 2.75) is 57.9 Å². The Morgan fingerprint density at radius 3 is 2.76 bits per heavy atom. The van der Waals surface area contributed by atoms with Gasteiger partial charge >= 0.3 is 0 Å². The highest BCUT2D eigenvalue weighted by atomic mass is 79.9. The number of rotatable bonds is 8. The van der Waals surface area contributed by atoms with Gasteiger partial charge in [0.25, 0.3) is 6.43 Å². The maximum absolute atomic E-state index is 14.2. The second kappa shape index (κ2) is 9.08. The van der Waals surface area contributed by atoms with Crippen molar-refractivity contribution in [1.82, 2.24) is 19.3 Å². The Labute approximate surface area is 201 Å². The maximum atomic E-state index is 14.2. The van der Waals surface area contributed by atoms with Crippen LogP contribution in [0.3, 0.4) is 0 Å². The van der Waals surface area contributed by atoms with Crippen molar-refractivity contribution in [1.29, 1.82) is 0 Å². The fraction of sp³-hybridized carbons (Fsp3) is 0.545. The van der Waals surface area contributed by atoms with Crippen molar-refractivity contribution in [2.24, 2.45) is 0 Å². The first-order chi connectivity index (χ1) is 15.5. The zero-order chi connectivity index (χ0) is 24.0. The Hall–Kier alpha value is -1.82. The van der Waals surface area contributed by atoms with E-state index in [1.807, 2.05) is 23.6 Å². The summed E-state index contributed by atoms with van der Waals surface area (Å²) in [6.45, 7) is 10.0. The number of hydrogen-bond donors (Lipinski definition) is 0. The molecule has 11 heteroatoms. The molecule has 180 valence electrons. The molecule has 1 aliphatic rings. The summed E-state index contributed by atoms with van der Waals surface area (Å²) in [6, 6.07) is 4.71.